The fraction of sp³-hybridized carbons (Fsp3) is 0.571. The quantitative estimate of drug-likeness (QED) is 0.761. The Bertz CT molecular complexity index is 372. The fourth-order valence-corrected chi connectivity index (χ4v) is 1.52. The molecule has 0 aromatic heterocycles. The van der Waals surface area contributed by atoms with Gasteiger partial charge < -0.3 is 19.9 Å². The molecule has 0 amide bonds. The van der Waals surface area contributed by atoms with E-state index >= 15 is 0 Å². The van der Waals surface area contributed by atoms with E-state index < -0.39 is 0 Å². The molecule has 0 heterocycles. The Morgan fingerprint density at radius 2 is 1.94 bits per heavy atom. The Labute approximate surface area is 109 Å². The number of hydrogen-bond acceptors (Lipinski definition) is 4. The summed E-state index contributed by atoms with van der Waals surface area (Å²) in [5.41, 5.74) is 0.904. The number of hydrogen-bond donors (Lipinski definition) is 2. The molecule has 102 valence electrons. The smallest absolute Gasteiger partial charge is 0.161 e. The standard InChI is InChI=1S/C14H23NO3/c1-14(2,3)15-7-8-18-12-6-5-11(10-16)9-13(12)17-4/h5-6,9,15-16H,7-8,10H2,1-4H3. The minimum atomic E-state index is 0.00220. The first-order valence-electron chi connectivity index (χ1n) is 6.12. The maximum absolute atomic E-state index is 9.05. The van der Waals surface area contributed by atoms with Crippen LogP contribution in [0.1, 0.15) is 26.3 Å². The van der Waals surface area contributed by atoms with Crippen molar-refractivity contribution in [2.24, 2.45) is 0 Å². The first kappa shape index (κ1) is 14.8. The molecule has 0 fully saturated rings. The highest BCUT2D eigenvalue weighted by Crippen LogP contribution is 2.27. The summed E-state index contributed by atoms with van der Waals surface area (Å²) in [5, 5.41) is 12.4. The van der Waals surface area contributed by atoms with Crippen LogP contribution in [0.3, 0.4) is 0 Å². The van der Waals surface area contributed by atoms with Crippen LogP contribution in [-0.2, 0) is 6.61 Å². The van der Waals surface area contributed by atoms with Crippen LogP contribution < -0.4 is 14.8 Å². The van der Waals surface area contributed by atoms with E-state index in [0.717, 1.165) is 12.1 Å². The predicted octanol–water partition coefficient (Wildman–Crippen LogP) is 1.95. The minimum absolute atomic E-state index is 0.00220. The van der Waals surface area contributed by atoms with Crippen molar-refractivity contribution in [1.82, 2.24) is 5.32 Å². The molecule has 0 saturated heterocycles. The molecule has 0 bridgehead atoms. The monoisotopic (exact) mass is 253 g/mol. The summed E-state index contributed by atoms with van der Waals surface area (Å²) >= 11 is 0. The number of rotatable bonds is 6. The predicted molar refractivity (Wildman–Crippen MR) is 72.2 cm³/mol. The average molecular weight is 253 g/mol. The molecule has 0 radical (unpaired) electrons. The molecule has 0 atom stereocenters. The van der Waals surface area contributed by atoms with E-state index in [9.17, 15) is 0 Å². The van der Waals surface area contributed by atoms with Gasteiger partial charge in [-0.25, -0.2) is 0 Å². The van der Waals surface area contributed by atoms with E-state index in [1.54, 1.807) is 13.2 Å². The van der Waals surface area contributed by atoms with Crippen molar-refractivity contribution in [2.45, 2.75) is 32.9 Å². The van der Waals surface area contributed by atoms with Crippen molar-refractivity contribution in [2.75, 3.05) is 20.3 Å². The topological polar surface area (TPSA) is 50.7 Å². The Balaban J connectivity index is 2.51. The molecule has 0 spiro atoms. The summed E-state index contributed by atoms with van der Waals surface area (Å²) in [4.78, 5) is 0. The zero-order valence-electron chi connectivity index (χ0n) is 11.6. The lowest BCUT2D eigenvalue weighted by Crippen LogP contribution is -2.38. The number of ether oxygens (including phenoxy) is 2. The van der Waals surface area contributed by atoms with E-state index in [-0.39, 0.29) is 12.1 Å². The van der Waals surface area contributed by atoms with Crippen LogP contribution in [0.5, 0.6) is 11.5 Å². The number of methoxy groups -OCH3 is 1. The van der Waals surface area contributed by atoms with Crippen LogP contribution in [0.2, 0.25) is 0 Å². The molecule has 1 aromatic carbocycles. The van der Waals surface area contributed by atoms with E-state index in [1.807, 2.05) is 12.1 Å². The van der Waals surface area contributed by atoms with Gasteiger partial charge in [-0.05, 0) is 38.5 Å². The zero-order chi connectivity index (χ0) is 13.6. The van der Waals surface area contributed by atoms with E-state index in [4.69, 9.17) is 14.6 Å². The third kappa shape index (κ3) is 4.94. The molecule has 4 heteroatoms. The molecule has 1 aromatic rings. The van der Waals surface area contributed by atoms with Gasteiger partial charge in [-0.3, -0.25) is 0 Å². The van der Waals surface area contributed by atoms with Crippen LogP contribution in [0.15, 0.2) is 18.2 Å². The van der Waals surface area contributed by atoms with Gasteiger partial charge >= 0.3 is 0 Å². The molecule has 0 aliphatic rings. The number of nitrogens with one attached hydrogen (secondary N) is 1. The van der Waals surface area contributed by atoms with E-state index in [1.165, 1.54) is 0 Å². The van der Waals surface area contributed by atoms with Gasteiger partial charge in [0.2, 0.25) is 0 Å². The highest BCUT2D eigenvalue weighted by molar-refractivity contribution is 5.42. The fourth-order valence-electron chi connectivity index (χ4n) is 1.52. The van der Waals surface area contributed by atoms with Crippen LogP contribution in [-0.4, -0.2) is 30.9 Å². The van der Waals surface area contributed by atoms with Crippen molar-refractivity contribution in [3.8, 4) is 11.5 Å². The molecule has 1 rings (SSSR count). The minimum Gasteiger partial charge on any atom is -0.493 e. The summed E-state index contributed by atoms with van der Waals surface area (Å²) in [6, 6.07) is 5.43. The third-order valence-corrected chi connectivity index (χ3v) is 2.43. The number of benzene rings is 1. The largest absolute Gasteiger partial charge is 0.493 e. The van der Waals surface area contributed by atoms with Gasteiger partial charge in [0, 0.05) is 12.1 Å². The Morgan fingerprint density at radius 3 is 2.50 bits per heavy atom. The molecule has 18 heavy (non-hydrogen) atoms. The molecule has 0 saturated carbocycles. The zero-order valence-corrected chi connectivity index (χ0v) is 11.6. The van der Waals surface area contributed by atoms with Gasteiger partial charge in [-0.1, -0.05) is 6.07 Å². The van der Waals surface area contributed by atoms with Gasteiger partial charge in [0.05, 0.1) is 13.7 Å². The molecule has 0 unspecified atom stereocenters. The Morgan fingerprint density at radius 1 is 1.22 bits per heavy atom. The van der Waals surface area contributed by atoms with Crippen LogP contribution in [0, 0.1) is 0 Å². The van der Waals surface area contributed by atoms with E-state index in [2.05, 4.69) is 26.1 Å². The average Bonchev–Trinajstić information content (AvgIpc) is 2.33. The van der Waals surface area contributed by atoms with Crippen LogP contribution in [0.4, 0.5) is 0 Å². The maximum Gasteiger partial charge on any atom is 0.161 e. The lowest BCUT2D eigenvalue weighted by Gasteiger charge is -2.20. The first-order valence-corrected chi connectivity index (χ1v) is 6.12. The highest BCUT2D eigenvalue weighted by Gasteiger charge is 2.09. The van der Waals surface area contributed by atoms with E-state index in [0.29, 0.717) is 18.1 Å². The Hall–Kier alpha value is -1.26. The van der Waals surface area contributed by atoms with Gasteiger partial charge in [0.1, 0.15) is 6.61 Å². The van der Waals surface area contributed by atoms with Crippen molar-refractivity contribution >= 4 is 0 Å². The van der Waals surface area contributed by atoms with Crippen molar-refractivity contribution in [3.05, 3.63) is 23.8 Å². The van der Waals surface area contributed by atoms with Crippen molar-refractivity contribution in [1.29, 1.82) is 0 Å². The highest BCUT2D eigenvalue weighted by atomic mass is 16.5. The summed E-state index contributed by atoms with van der Waals surface area (Å²) in [7, 11) is 1.59. The second-order valence-corrected chi connectivity index (χ2v) is 5.17. The maximum atomic E-state index is 9.05. The summed E-state index contributed by atoms with van der Waals surface area (Å²) in [6.07, 6.45) is 0. The lowest BCUT2D eigenvalue weighted by molar-refractivity contribution is 0.270. The van der Waals surface area contributed by atoms with Gasteiger partial charge in [-0.2, -0.15) is 0 Å². The third-order valence-electron chi connectivity index (χ3n) is 2.43. The molecule has 2 N–H and O–H groups in total. The number of aliphatic hydroxyl groups is 1. The molecule has 0 aliphatic carbocycles. The second-order valence-electron chi connectivity index (χ2n) is 5.17. The van der Waals surface area contributed by atoms with Gasteiger partial charge in [0.25, 0.3) is 0 Å². The van der Waals surface area contributed by atoms with Gasteiger partial charge in [0.15, 0.2) is 11.5 Å². The molecular weight excluding hydrogens is 230 g/mol. The normalized spacial score (nSPS) is 11.4. The van der Waals surface area contributed by atoms with Gasteiger partial charge in [-0.15, -0.1) is 0 Å². The molecule has 0 aliphatic heterocycles. The van der Waals surface area contributed by atoms with Crippen LogP contribution >= 0.6 is 0 Å². The van der Waals surface area contributed by atoms with Crippen molar-refractivity contribution in [3.63, 3.8) is 0 Å². The first-order chi connectivity index (χ1) is 8.46. The summed E-state index contributed by atoms with van der Waals surface area (Å²) in [5.74, 6) is 1.35. The molecule has 4 nitrogen and oxygen atoms in total. The molecular formula is C14H23NO3. The second kappa shape index (κ2) is 6.61. The number of aliphatic hydroxyl groups excluding tert-OH is 1. The van der Waals surface area contributed by atoms with Crippen molar-refractivity contribution < 1.29 is 14.6 Å². The lowest BCUT2D eigenvalue weighted by atomic mass is 10.1. The SMILES string of the molecule is COc1cc(CO)ccc1OCCNC(C)(C)C. The summed E-state index contributed by atoms with van der Waals surface area (Å²) in [6.45, 7) is 7.69. The Kier molecular flexibility index (Phi) is 5.44. The van der Waals surface area contributed by atoms with Crippen LogP contribution in [0.25, 0.3) is 0 Å². The summed E-state index contributed by atoms with van der Waals surface area (Å²) < 4.78 is 10.9.